The lowest BCUT2D eigenvalue weighted by Gasteiger charge is -2.28. The van der Waals surface area contributed by atoms with Gasteiger partial charge in [0.2, 0.25) is 0 Å². The Morgan fingerprint density at radius 3 is 2.05 bits per heavy atom. The predicted octanol–water partition coefficient (Wildman–Crippen LogP) is 0.274. The van der Waals surface area contributed by atoms with Crippen LogP contribution in [0, 0.1) is 0 Å². The number of carbonyl (C=O) groups excluding carboxylic acids is 1. The second-order valence-corrected chi connectivity index (χ2v) is 3.82. The summed E-state index contributed by atoms with van der Waals surface area (Å²) in [6, 6.07) is -0.364. The Kier molecular flexibility index (Phi) is 9.46. The molecule has 7 heteroatoms. The number of methoxy groups -OCH3 is 2. The number of ether oxygens (including phenoxy) is 2. The maximum Gasteiger partial charge on any atom is 0.323 e. The first-order chi connectivity index (χ1) is 9.06. The van der Waals surface area contributed by atoms with Crippen molar-refractivity contribution in [3.8, 4) is 0 Å². The van der Waals surface area contributed by atoms with Gasteiger partial charge in [0.05, 0.1) is 13.2 Å². The molecule has 2 amide bonds. The summed E-state index contributed by atoms with van der Waals surface area (Å²) in [4.78, 5) is 25.7. The first-order valence-corrected chi connectivity index (χ1v) is 5.91. The van der Waals surface area contributed by atoms with Crippen LogP contribution in [0.5, 0.6) is 0 Å². The summed E-state index contributed by atoms with van der Waals surface area (Å²) in [6.45, 7) is 4.86. The molecular weight excluding hydrogens is 252 g/mol. The normalized spacial score (nSPS) is 10.0. The van der Waals surface area contributed by atoms with E-state index in [1.807, 2.05) is 0 Å². The standard InChI is InChI=1S/C12H22N2O5/c1-4-5-14(10-11(15)16)12(17)13(6-8-18-2)7-9-19-3/h4H,1,5-10H2,2-3H3,(H,15,16). The Morgan fingerprint density at radius 1 is 1.16 bits per heavy atom. The van der Waals surface area contributed by atoms with E-state index in [9.17, 15) is 9.59 Å². The van der Waals surface area contributed by atoms with Gasteiger partial charge in [0, 0.05) is 33.9 Å². The Morgan fingerprint density at radius 2 is 1.68 bits per heavy atom. The summed E-state index contributed by atoms with van der Waals surface area (Å²) in [6.07, 6.45) is 1.49. The number of amides is 2. The van der Waals surface area contributed by atoms with Crippen molar-refractivity contribution in [1.29, 1.82) is 0 Å². The van der Waals surface area contributed by atoms with Crippen LogP contribution in [0.25, 0.3) is 0 Å². The molecule has 0 heterocycles. The number of aliphatic carboxylic acids is 1. The number of carboxylic acid groups (broad SMARTS) is 1. The number of nitrogens with zero attached hydrogens (tertiary/aromatic N) is 2. The molecule has 0 rings (SSSR count). The third kappa shape index (κ3) is 7.43. The number of carboxylic acids is 1. The minimum Gasteiger partial charge on any atom is -0.480 e. The van der Waals surface area contributed by atoms with Gasteiger partial charge in [0.1, 0.15) is 6.54 Å². The van der Waals surface area contributed by atoms with Gasteiger partial charge in [0.25, 0.3) is 0 Å². The molecule has 0 spiro atoms. The average molecular weight is 274 g/mol. The Balaban J connectivity index is 4.67. The van der Waals surface area contributed by atoms with Gasteiger partial charge in [-0.2, -0.15) is 0 Å². The highest BCUT2D eigenvalue weighted by Crippen LogP contribution is 2.00. The summed E-state index contributed by atoms with van der Waals surface area (Å²) in [7, 11) is 3.08. The minimum absolute atomic E-state index is 0.182. The quantitative estimate of drug-likeness (QED) is 0.579. The molecule has 0 aliphatic rings. The second kappa shape index (κ2) is 10.3. The Bertz CT molecular complexity index is 288. The molecule has 110 valence electrons. The number of urea groups is 1. The fourth-order valence-corrected chi connectivity index (χ4v) is 1.44. The van der Waals surface area contributed by atoms with Gasteiger partial charge < -0.3 is 24.4 Å². The molecule has 19 heavy (non-hydrogen) atoms. The SMILES string of the molecule is C=CCN(CC(=O)O)C(=O)N(CCOC)CCOC. The van der Waals surface area contributed by atoms with E-state index in [0.717, 1.165) is 0 Å². The van der Waals surface area contributed by atoms with E-state index in [1.54, 1.807) is 0 Å². The van der Waals surface area contributed by atoms with Crippen LogP contribution in [0.15, 0.2) is 12.7 Å². The fraction of sp³-hybridized carbons (Fsp3) is 0.667. The van der Waals surface area contributed by atoms with E-state index >= 15 is 0 Å². The van der Waals surface area contributed by atoms with E-state index in [4.69, 9.17) is 14.6 Å². The number of rotatable bonds is 10. The largest absolute Gasteiger partial charge is 0.480 e. The van der Waals surface area contributed by atoms with Crippen molar-refractivity contribution in [2.24, 2.45) is 0 Å². The topological polar surface area (TPSA) is 79.3 Å². The zero-order valence-corrected chi connectivity index (χ0v) is 11.5. The molecule has 0 aromatic heterocycles. The maximum atomic E-state index is 12.2. The van der Waals surface area contributed by atoms with Crippen molar-refractivity contribution < 1.29 is 24.2 Å². The molecule has 0 aromatic carbocycles. The highest BCUT2D eigenvalue weighted by Gasteiger charge is 2.21. The van der Waals surface area contributed by atoms with E-state index in [0.29, 0.717) is 26.3 Å². The molecule has 1 N–H and O–H groups in total. The summed E-state index contributed by atoms with van der Waals surface area (Å²) in [5.74, 6) is -1.06. The van der Waals surface area contributed by atoms with Crippen LogP contribution in [0.1, 0.15) is 0 Å². The maximum absolute atomic E-state index is 12.2. The molecular formula is C12H22N2O5. The van der Waals surface area contributed by atoms with Crippen LogP contribution >= 0.6 is 0 Å². The zero-order valence-electron chi connectivity index (χ0n) is 11.5. The second-order valence-electron chi connectivity index (χ2n) is 3.82. The molecule has 0 bridgehead atoms. The third-order valence-corrected chi connectivity index (χ3v) is 2.35. The van der Waals surface area contributed by atoms with E-state index in [1.165, 1.54) is 30.1 Å². The smallest absolute Gasteiger partial charge is 0.323 e. The van der Waals surface area contributed by atoms with E-state index in [-0.39, 0.29) is 19.1 Å². The summed E-state index contributed by atoms with van der Waals surface area (Å²) in [5, 5.41) is 8.80. The van der Waals surface area contributed by atoms with Crippen molar-refractivity contribution >= 4 is 12.0 Å². The number of carbonyl (C=O) groups is 2. The van der Waals surface area contributed by atoms with Gasteiger partial charge in [-0.15, -0.1) is 6.58 Å². The van der Waals surface area contributed by atoms with Crippen molar-refractivity contribution in [1.82, 2.24) is 9.80 Å². The molecule has 0 radical (unpaired) electrons. The van der Waals surface area contributed by atoms with Gasteiger partial charge >= 0.3 is 12.0 Å². The van der Waals surface area contributed by atoms with Crippen LogP contribution in [0.3, 0.4) is 0 Å². The Labute approximate surface area is 113 Å². The molecule has 7 nitrogen and oxygen atoms in total. The highest BCUT2D eigenvalue weighted by molar-refractivity contribution is 5.80. The first kappa shape index (κ1) is 17.4. The predicted molar refractivity (Wildman–Crippen MR) is 70.1 cm³/mol. The van der Waals surface area contributed by atoms with Crippen molar-refractivity contribution in [3.05, 3.63) is 12.7 Å². The lowest BCUT2D eigenvalue weighted by atomic mass is 10.4. The molecule has 0 aliphatic heterocycles. The lowest BCUT2D eigenvalue weighted by molar-refractivity contribution is -0.137. The van der Waals surface area contributed by atoms with Gasteiger partial charge in [-0.25, -0.2) is 4.79 Å². The molecule has 0 atom stereocenters. The molecule has 0 saturated carbocycles. The molecule has 0 saturated heterocycles. The third-order valence-electron chi connectivity index (χ3n) is 2.35. The van der Waals surface area contributed by atoms with Crippen LogP contribution in [-0.2, 0) is 14.3 Å². The summed E-state index contributed by atoms with van der Waals surface area (Å²) in [5.41, 5.74) is 0. The molecule has 0 unspecified atom stereocenters. The highest BCUT2D eigenvalue weighted by atomic mass is 16.5. The van der Waals surface area contributed by atoms with Crippen LogP contribution in [0.4, 0.5) is 4.79 Å². The lowest BCUT2D eigenvalue weighted by Crippen LogP contribution is -2.47. The number of hydrogen-bond donors (Lipinski definition) is 1. The minimum atomic E-state index is -1.06. The molecule has 0 aliphatic carbocycles. The van der Waals surface area contributed by atoms with Crippen molar-refractivity contribution in [2.75, 3.05) is 53.6 Å². The number of hydrogen-bond acceptors (Lipinski definition) is 4. The monoisotopic (exact) mass is 274 g/mol. The molecule has 0 aromatic rings. The van der Waals surface area contributed by atoms with Crippen molar-refractivity contribution in [2.45, 2.75) is 0 Å². The summed E-state index contributed by atoms with van der Waals surface area (Å²) < 4.78 is 9.87. The van der Waals surface area contributed by atoms with Gasteiger partial charge in [0.15, 0.2) is 0 Å². The average Bonchev–Trinajstić information content (AvgIpc) is 2.37. The van der Waals surface area contributed by atoms with Crippen LogP contribution in [-0.4, -0.2) is 80.5 Å². The van der Waals surface area contributed by atoms with Gasteiger partial charge in [-0.1, -0.05) is 6.08 Å². The Hall–Kier alpha value is -1.60. The van der Waals surface area contributed by atoms with Gasteiger partial charge in [-0.05, 0) is 0 Å². The first-order valence-electron chi connectivity index (χ1n) is 5.91. The fourth-order valence-electron chi connectivity index (χ4n) is 1.44. The van der Waals surface area contributed by atoms with Gasteiger partial charge in [-0.3, -0.25) is 4.79 Å². The van der Waals surface area contributed by atoms with Crippen LogP contribution < -0.4 is 0 Å². The molecule has 0 fully saturated rings. The summed E-state index contributed by atoms with van der Waals surface area (Å²) >= 11 is 0. The van der Waals surface area contributed by atoms with Crippen molar-refractivity contribution in [3.63, 3.8) is 0 Å². The van der Waals surface area contributed by atoms with Crippen LogP contribution in [0.2, 0.25) is 0 Å². The van der Waals surface area contributed by atoms with E-state index < -0.39 is 5.97 Å². The zero-order chi connectivity index (χ0) is 14.7. The van der Waals surface area contributed by atoms with E-state index in [2.05, 4.69) is 6.58 Å².